The molecule has 92 valence electrons. The molecule has 1 rings (SSSR count). The van der Waals surface area contributed by atoms with Gasteiger partial charge in [-0.3, -0.25) is 9.59 Å². The van der Waals surface area contributed by atoms with E-state index in [1.165, 1.54) is 6.42 Å². The molecule has 1 fully saturated rings. The molecule has 0 saturated carbocycles. The van der Waals surface area contributed by atoms with Crippen LogP contribution in [0.5, 0.6) is 0 Å². The SMILES string of the molecule is CCOC(=O)CNC(=O)CCC1CCCN1. The maximum absolute atomic E-state index is 11.4. The molecule has 0 aromatic heterocycles. The second-order valence-electron chi connectivity index (χ2n) is 3.91. The molecule has 0 aromatic rings. The molecule has 2 N–H and O–H groups in total. The second kappa shape index (κ2) is 7.22. The van der Waals surface area contributed by atoms with Gasteiger partial charge in [0.1, 0.15) is 6.54 Å². The molecule has 1 unspecified atom stereocenters. The summed E-state index contributed by atoms with van der Waals surface area (Å²) in [5.74, 6) is -0.461. The highest BCUT2D eigenvalue weighted by Crippen LogP contribution is 2.10. The van der Waals surface area contributed by atoms with Crippen molar-refractivity contribution in [3.05, 3.63) is 0 Å². The van der Waals surface area contributed by atoms with E-state index in [9.17, 15) is 9.59 Å². The summed E-state index contributed by atoms with van der Waals surface area (Å²) in [6, 6.07) is 0.466. The third-order valence-electron chi connectivity index (χ3n) is 2.62. The zero-order valence-electron chi connectivity index (χ0n) is 9.75. The second-order valence-corrected chi connectivity index (χ2v) is 3.91. The van der Waals surface area contributed by atoms with Gasteiger partial charge in [-0.2, -0.15) is 0 Å². The number of carbonyl (C=O) groups is 2. The number of esters is 1. The lowest BCUT2D eigenvalue weighted by molar-refractivity contribution is -0.143. The van der Waals surface area contributed by atoms with Crippen molar-refractivity contribution < 1.29 is 14.3 Å². The van der Waals surface area contributed by atoms with Crippen LogP contribution in [0.15, 0.2) is 0 Å². The standard InChI is InChI=1S/C11H20N2O3/c1-2-16-11(15)8-13-10(14)6-5-9-4-3-7-12-9/h9,12H,2-8H2,1H3,(H,13,14). The van der Waals surface area contributed by atoms with Gasteiger partial charge >= 0.3 is 5.97 Å². The number of nitrogens with one attached hydrogen (secondary N) is 2. The van der Waals surface area contributed by atoms with Crippen molar-refractivity contribution in [3.8, 4) is 0 Å². The van der Waals surface area contributed by atoms with Crippen molar-refractivity contribution in [2.45, 2.75) is 38.6 Å². The maximum atomic E-state index is 11.4. The number of ether oxygens (including phenoxy) is 1. The number of hydrogen-bond donors (Lipinski definition) is 2. The summed E-state index contributed by atoms with van der Waals surface area (Å²) < 4.78 is 4.70. The van der Waals surface area contributed by atoms with E-state index in [-0.39, 0.29) is 18.4 Å². The zero-order valence-corrected chi connectivity index (χ0v) is 9.75. The van der Waals surface area contributed by atoms with E-state index in [0.29, 0.717) is 19.1 Å². The highest BCUT2D eigenvalue weighted by Gasteiger charge is 2.15. The Morgan fingerprint density at radius 3 is 2.94 bits per heavy atom. The van der Waals surface area contributed by atoms with Crippen LogP contribution in [0.1, 0.15) is 32.6 Å². The first-order chi connectivity index (χ1) is 7.72. The molecule has 0 radical (unpaired) electrons. The lowest BCUT2D eigenvalue weighted by atomic mass is 10.1. The quantitative estimate of drug-likeness (QED) is 0.637. The fraction of sp³-hybridized carbons (Fsp3) is 0.818. The molecule has 16 heavy (non-hydrogen) atoms. The van der Waals surface area contributed by atoms with Crippen LogP contribution < -0.4 is 10.6 Å². The van der Waals surface area contributed by atoms with Crippen LogP contribution in [0.4, 0.5) is 0 Å². The summed E-state index contributed by atoms with van der Waals surface area (Å²) in [7, 11) is 0. The van der Waals surface area contributed by atoms with E-state index in [1.54, 1.807) is 6.92 Å². The summed E-state index contributed by atoms with van der Waals surface area (Å²) in [5, 5.41) is 5.88. The van der Waals surface area contributed by atoms with Gasteiger partial charge < -0.3 is 15.4 Å². The number of carbonyl (C=O) groups excluding carboxylic acids is 2. The number of hydrogen-bond acceptors (Lipinski definition) is 4. The fourth-order valence-corrected chi connectivity index (χ4v) is 1.78. The largest absolute Gasteiger partial charge is 0.465 e. The smallest absolute Gasteiger partial charge is 0.325 e. The van der Waals surface area contributed by atoms with Crippen LogP contribution in [0, 0.1) is 0 Å². The molecule has 1 aliphatic heterocycles. The van der Waals surface area contributed by atoms with Gasteiger partial charge in [-0.25, -0.2) is 0 Å². The van der Waals surface area contributed by atoms with Crippen molar-refractivity contribution in [2.75, 3.05) is 19.7 Å². The lowest BCUT2D eigenvalue weighted by Gasteiger charge is -2.09. The maximum Gasteiger partial charge on any atom is 0.325 e. The van der Waals surface area contributed by atoms with Gasteiger partial charge in [0.05, 0.1) is 6.61 Å². The molecule has 1 aliphatic rings. The van der Waals surface area contributed by atoms with Crippen LogP contribution in [0.2, 0.25) is 0 Å². The molecular weight excluding hydrogens is 208 g/mol. The first-order valence-corrected chi connectivity index (χ1v) is 5.88. The van der Waals surface area contributed by atoms with Gasteiger partial charge in [-0.15, -0.1) is 0 Å². The van der Waals surface area contributed by atoms with Crippen molar-refractivity contribution in [2.24, 2.45) is 0 Å². The number of amides is 1. The minimum atomic E-state index is -0.380. The Hall–Kier alpha value is -1.10. The Labute approximate surface area is 95.9 Å². The van der Waals surface area contributed by atoms with Crippen LogP contribution >= 0.6 is 0 Å². The Bertz CT molecular complexity index is 237. The molecule has 5 nitrogen and oxygen atoms in total. The Balaban J connectivity index is 2.04. The van der Waals surface area contributed by atoms with Crippen LogP contribution in [0.25, 0.3) is 0 Å². The summed E-state index contributed by atoms with van der Waals surface area (Å²) in [5.41, 5.74) is 0. The predicted octanol–water partition coefficient (Wildman–Crippen LogP) is 0.198. The Kier molecular flexibility index (Phi) is 5.85. The van der Waals surface area contributed by atoms with Gasteiger partial charge in [0.15, 0.2) is 0 Å². The monoisotopic (exact) mass is 228 g/mol. The van der Waals surface area contributed by atoms with Gasteiger partial charge in [-0.05, 0) is 32.7 Å². The van der Waals surface area contributed by atoms with E-state index < -0.39 is 0 Å². The highest BCUT2D eigenvalue weighted by atomic mass is 16.5. The van der Waals surface area contributed by atoms with E-state index in [4.69, 9.17) is 4.74 Å². The fourth-order valence-electron chi connectivity index (χ4n) is 1.78. The Morgan fingerprint density at radius 1 is 1.50 bits per heavy atom. The first kappa shape index (κ1) is 13.0. The average molecular weight is 228 g/mol. The average Bonchev–Trinajstić information content (AvgIpc) is 2.77. The van der Waals surface area contributed by atoms with Crippen LogP contribution in [-0.4, -0.2) is 37.6 Å². The zero-order chi connectivity index (χ0) is 11.8. The normalized spacial score (nSPS) is 19.4. The number of rotatable bonds is 6. The molecule has 1 saturated heterocycles. The topological polar surface area (TPSA) is 67.4 Å². The Morgan fingerprint density at radius 2 is 2.31 bits per heavy atom. The predicted molar refractivity (Wildman–Crippen MR) is 59.9 cm³/mol. The molecule has 0 bridgehead atoms. The minimum Gasteiger partial charge on any atom is -0.465 e. The molecule has 0 aromatic carbocycles. The summed E-state index contributed by atoms with van der Waals surface area (Å²) in [6.07, 6.45) is 3.64. The highest BCUT2D eigenvalue weighted by molar-refractivity contribution is 5.81. The van der Waals surface area contributed by atoms with Gasteiger partial charge in [0.2, 0.25) is 5.91 Å². The van der Waals surface area contributed by atoms with Crippen LogP contribution in [-0.2, 0) is 14.3 Å². The van der Waals surface area contributed by atoms with Crippen LogP contribution in [0.3, 0.4) is 0 Å². The molecular formula is C11H20N2O3. The first-order valence-electron chi connectivity index (χ1n) is 5.88. The summed E-state index contributed by atoms with van der Waals surface area (Å²) in [6.45, 7) is 3.12. The van der Waals surface area contributed by atoms with E-state index in [1.807, 2.05) is 0 Å². The van der Waals surface area contributed by atoms with Crippen molar-refractivity contribution >= 4 is 11.9 Å². The van der Waals surface area contributed by atoms with Gasteiger partial charge in [0, 0.05) is 12.5 Å². The van der Waals surface area contributed by atoms with E-state index >= 15 is 0 Å². The van der Waals surface area contributed by atoms with Crippen molar-refractivity contribution in [1.29, 1.82) is 0 Å². The molecule has 1 atom stereocenters. The third kappa shape index (κ3) is 5.11. The van der Waals surface area contributed by atoms with Gasteiger partial charge in [0.25, 0.3) is 0 Å². The van der Waals surface area contributed by atoms with Crippen molar-refractivity contribution in [1.82, 2.24) is 10.6 Å². The summed E-state index contributed by atoms with van der Waals surface area (Å²) >= 11 is 0. The molecule has 1 heterocycles. The lowest BCUT2D eigenvalue weighted by Crippen LogP contribution is -2.32. The van der Waals surface area contributed by atoms with Gasteiger partial charge in [-0.1, -0.05) is 0 Å². The van der Waals surface area contributed by atoms with E-state index in [0.717, 1.165) is 19.4 Å². The minimum absolute atomic E-state index is 0.0230. The third-order valence-corrected chi connectivity index (χ3v) is 2.62. The molecule has 1 amide bonds. The van der Waals surface area contributed by atoms with Crippen molar-refractivity contribution in [3.63, 3.8) is 0 Å². The summed E-state index contributed by atoms with van der Waals surface area (Å²) in [4.78, 5) is 22.3. The molecule has 5 heteroatoms. The van der Waals surface area contributed by atoms with E-state index in [2.05, 4.69) is 10.6 Å². The molecule has 0 spiro atoms. The molecule has 0 aliphatic carbocycles.